The van der Waals surface area contributed by atoms with Crippen LogP contribution in [0.3, 0.4) is 0 Å². The third-order valence-corrected chi connectivity index (χ3v) is 2.94. The first kappa shape index (κ1) is 12.0. The molecule has 0 spiro atoms. The Labute approximate surface area is 96.3 Å². The third kappa shape index (κ3) is 2.31. The zero-order valence-corrected chi connectivity index (χ0v) is 9.07. The Bertz CT molecular complexity index is 482. The van der Waals surface area contributed by atoms with Gasteiger partial charge in [-0.1, -0.05) is 0 Å². The molecule has 7 heteroatoms. The zero-order chi connectivity index (χ0) is 12.4. The van der Waals surface area contributed by atoms with Gasteiger partial charge < -0.3 is 14.9 Å². The van der Waals surface area contributed by atoms with Crippen LogP contribution in [0.4, 0.5) is 0 Å². The molecule has 0 amide bonds. The van der Waals surface area contributed by atoms with Crippen LogP contribution in [0.1, 0.15) is 12.6 Å². The molecule has 17 heavy (non-hydrogen) atoms. The summed E-state index contributed by atoms with van der Waals surface area (Å²) in [4.78, 5) is 24.6. The molecule has 0 aliphatic carbocycles. The molecular formula is C10H14N2O5. The fourth-order valence-corrected chi connectivity index (χ4v) is 2.00. The summed E-state index contributed by atoms with van der Waals surface area (Å²) in [6.07, 6.45) is 0.728. The summed E-state index contributed by atoms with van der Waals surface area (Å²) >= 11 is 0. The summed E-state index contributed by atoms with van der Waals surface area (Å²) in [5, 5.41) is 18.2. The summed E-state index contributed by atoms with van der Waals surface area (Å²) in [6, 6.07) is 1.23. The normalized spacial score (nSPS) is 28.5. The minimum absolute atomic E-state index is 0.111. The number of hydrogen-bond donors (Lipinski definition) is 3. The highest BCUT2D eigenvalue weighted by Crippen LogP contribution is 2.31. The van der Waals surface area contributed by atoms with Crippen molar-refractivity contribution < 1.29 is 14.9 Å². The summed E-state index contributed by atoms with van der Waals surface area (Å²) < 4.78 is 6.70. The molecule has 1 saturated heterocycles. The zero-order valence-electron chi connectivity index (χ0n) is 9.07. The number of aromatic nitrogens is 2. The van der Waals surface area contributed by atoms with Gasteiger partial charge in [0.25, 0.3) is 5.56 Å². The molecule has 0 unspecified atom stereocenters. The predicted molar refractivity (Wildman–Crippen MR) is 57.5 cm³/mol. The Morgan fingerprint density at radius 2 is 2.18 bits per heavy atom. The number of hydrogen-bond acceptors (Lipinski definition) is 5. The van der Waals surface area contributed by atoms with Gasteiger partial charge in [0.05, 0.1) is 12.7 Å². The molecule has 94 valence electrons. The Morgan fingerprint density at radius 3 is 2.71 bits per heavy atom. The van der Waals surface area contributed by atoms with E-state index in [9.17, 15) is 9.59 Å². The van der Waals surface area contributed by atoms with Crippen LogP contribution in [-0.2, 0) is 4.74 Å². The van der Waals surface area contributed by atoms with E-state index in [0.29, 0.717) is 6.42 Å². The lowest BCUT2D eigenvalue weighted by atomic mass is 10.0. The minimum Gasteiger partial charge on any atom is -0.396 e. The van der Waals surface area contributed by atoms with Gasteiger partial charge in [-0.2, -0.15) is 0 Å². The van der Waals surface area contributed by atoms with Crippen molar-refractivity contribution in [3.05, 3.63) is 33.1 Å². The largest absolute Gasteiger partial charge is 0.396 e. The maximum Gasteiger partial charge on any atom is 0.330 e. The van der Waals surface area contributed by atoms with Crippen molar-refractivity contribution in [1.29, 1.82) is 0 Å². The number of ether oxygens (including phenoxy) is 1. The molecule has 1 fully saturated rings. The Balaban J connectivity index is 2.25. The van der Waals surface area contributed by atoms with E-state index in [4.69, 9.17) is 14.9 Å². The number of H-pyrrole nitrogens is 1. The highest BCUT2D eigenvalue weighted by atomic mass is 16.5. The number of rotatable bonds is 3. The van der Waals surface area contributed by atoms with Gasteiger partial charge in [0.2, 0.25) is 0 Å². The summed E-state index contributed by atoms with van der Waals surface area (Å²) in [6.45, 7) is -0.320. The van der Waals surface area contributed by atoms with Gasteiger partial charge >= 0.3 is 5.69 Å². The maximum absolute atomic E-state index is 11.5. The van der Waals surface area contributed by atoms with Crippen LogP contribution < -0.4 is 11.2 Å². The second-order valence-corrected chi connectivity index (χ2v) is 4.01. The van der Waals surface area contributed by atoms with Crippen LogP contribution >= 0.6 is 0 Å². The van der Waals surface area contributed by atoms with Crippen LogP contribution in [0.2, 0.25) is 0 Å². The fraction of sp³-hybridized carbons (Fsp3) is 0.600. The van der Waals surface area contributed by atoms with Gasteiger partial charge in [-0.3, -0.25) is 14.3 Å². The fourth-order valence-electron chi connectivity index (χ4n) is 2.00. The smallest absolute Gasteiger partial charge is 0.330 e. The molecule has 2 rings (SSSR count). The number of aliphatic hydroxyl groups is 2. The number of nitrogens with zero attached hydrogens (tertiary/aromatic N) is 1. The van der Waals surface area contributed by atoms with E-state index in [2.05, 4.69) is 4.98 Å². The molecule has 1 aliphatic heterocycles. The van der Waals surface area contributed by atoms with E-state index in [1.807, 2.05) is 0 Å². The van der Waals surface area contributed by atoms with Gasteiger partial charge in [-0.15, -0.1) is 0 Å². The van der Waals surface area contributed by atoms with Gasteiger partial charge in [0, 0.05) is 31.2 Å². The Kier molecular flexibility index (Phi) is 3.41. The van der Waals surface area contributed by atoms with Crippen molar-refractivity contribution in [2.75, 3.05) is 13.2 Å². The first-order valence-corrected chi connectivity index (χ1v) is 5.34. The highest BCUT2D eigenvalue weighted by Gasteiger charge is 2.35. The van der Waals surface area contributed by atoms with Crippen LogP contribution in [0, 0.1) is 5.92 Å². The van der Waals surface area contributed by atoms with E-state index in [0.717, 1.165) is 0 Å². The van der Waals surface area contributed by atoms with Gasteiger partial charge in [-0.25, -0.2) is 4.79 Å². The molecule has 2 heterocycles. The van der Waals surface area contributed by atoms with E-state index in [1.165, 1.54) is 16.8 Å². The third-order valence-electron chi connectivity index (χ3n) is 2.94. The van der Waals surface area contributed by atoms with Crippen molar-refractivity contribution in [2.45, 2.75) is 18.8 Å². The molecular weight excluding hydrogens is 228 g/mol. The van der Waals surface area contributed by atoms with Crippen LogP contribution in [-0.4, -0.2) is 39.1 Å². The van der Waals surface area contributed by atoms with Crippen molar-refractivity contribution in [3.8, 4) is 0 Å². The molecule has 1 aromatic heterocycles. The van der Waals surface area contributed by atoms with Gasteiger partial charge in [0.15, 0.2) is 0 Å². The maximum atomic E-state index is 11.5. The van der Waals surface area contributed by atoms with E-state index < -0.39 is 23.6 Å². The van der Waals surface area contributed by atoms with Crippen LogP contribution in [0.5, 0.6) is 0 Å². The number of aliphatic hydroxyl groups excluding tert-OH is 2. The molecule has 3 N–H and O–H groups in total. The van der Waals surface area contributed by atoms with Crippen molar-refractivity contribution >= 4 is 0 Å². The SMILES string of the molecule is O=c1ccn([C@@H]2C[C@@H](CO)[C@H](CO)O2)c(=O)[nH]1. The monoisotopic (exact) mass is 242 g/mol. The minimum atomic E-state index is -0.561. The average Bonchev–Trinajstić information content (AvgIpc) is 2.72. The van der Waals surface area contributed by atoms with E-state index >= 15 is 0 Å². The molecule has 0 bridgehead atoms. The van der Waals surface area contributed by atoms with Gasteiger partial charge in [0.1, 0.15) is 6.23 Å². The van der Waals surface area contributed by atoms with Gasteiger partial charge in [-0.05, 0) is 0 Å². The number of aromatic amines is 1. The molecule has 1 aliphatic rings. The standard InChI is InChI=1S/C10H14N2O5/c13-4-6-3-9(17-7(6)5-14)12-2-1-8(15)11-10(12)16/h1-2,6-7,9,13-14H,3-5H2,(H,11,15,16)/t6-,7-,9-/m0/s1. The lowest BCUT2D eigenvalue weighted by molar-refractivity contribution is -0.0366. The molecule has 1 aromatic rings. The summed E-state index contributed by atoms with van der Waals surface area (Å²) in [5.41, 5.74) is -1.03. The molecule has 0 aromatic carbocycles. The molecule has 3 atom stereocenters. The average molecular weight is 242 g/mol. The second kappa shape index (κ2) is 4.82. The Morgan fingerprint density at radius 1 is 1.41 bits per heavy atom. The first-order valence-electron chi connectivity index (χ1n) is 5.34. The number of nitrogens with one attached hydrogen (secondary N) is 1. The van der Waals surface area contributed by atoms with Crippen molar-refractivity contribution in [2.24, 2.45) is 5.92 Å². The molecule has 0 radical (unpaired) electrons. The topological polar surface area (TPSA) is 105 Å². The Hall–Kier alpha value is -1.44. The summed E-state index contributed by atoms with van der Waals surface area (Å²) in [7, 11) is 0. The lowest BCUT2D eigenvalue weighted by Crippen LogP contribution is -2.31. The van der Waals surface area contributed by atoms with Crippen LogP contribution in [0.25, 0.3) is 0 Å². The second-order valence-electron chi connectivity index (χ2n) is 4.01. The molecule has 7 nitrogen and oxygen atoms in total. The predicted octanol–water partition coefficient (Wildman–Crippen LogP) is -1.58. The van der Waals surface area contributed by atoms with Crippen molar-refractivity contribution in [3.63, 3.8) is 0 Å². The quantitative estimate of drug-likeness (QED) is 0.593. The van der Waals surface area contributed by atoms with E-state index in [1.54, 1.807) is 0 Å². The first-order chi connectivity index (χ1) is 8.15. The van der Waals surface area contributed by atoms with E-state index in [-0.39, 0.29) is 19.1 Å². The molecule has 0 saturated carbocycles. The summed E-state index contributed by atoms with van der Waals surface area (Å²) in [5.74, 6) is -0.205. The van der Waals surface area contributed by atoms with Crippen LogP contribution in [0.15, 0.2) is 21.9 Å². The highest BCUT2D eigenvalue weighted by molar-refractivity contribution is 4.88. The van der Waals surface area contributed by atoms with Crippen molar-refractivity contribution in [1.82, 2.24) is 9.55 Å². The lowest BCUT2D eigenvalue weighted by Gasteiger charge is -2.14.